The number of aliphatic carboxylic acids is 2. The minimum atomic E-state index is -1.35. The number of carboxylic acid groups (broad SMARTS) is 2. The third-order valence-corrected chi connectivity index (χ3v) is 10.4. The Morgan fingerprint density at radius 3 is 1.27 bits per heavy atom. The first-order valence-corrected chi connectivity index (χ1v) is 14.3. The van der Waals surface area contributed by atoms with Gasteiger partial charge in [0.1, 0.15) is 10.7 Å². The van der Waals surface area contributed by atoms with Crippen molar-refractivity contribution in [2.24, 2.45) is 11.8 Å². The van der Waals surface area contributed by atoms with Gasteiger partial charge in [0.2, 0.25) is 11.8 Å². The molecule has 21 heteroatoms. The summed E-state index contributed by atoms with van der Waals surface area (Å²) < 4.78 is 11.0. The van der Waals surface area contributed by atoms with E-state index in [1.165, 1.54) is 33.3 Å². The van der Waals surface area contributed by atoms with Gasteiger partial charge in [-0.1, -0.05) is 23.5 Å². The number of carbonyl (C=O) groups excluding carboxylic acids is 4. The molecule has 17 nitrogen and oxygen atoms in total. The second kappa shape index (κ2) is 19.6. The second-order valence-corrected chi connectivity index (χ2v) is 12.3. The van der Waals surface area contributed by atoms with Crippen LogP contribution >= 0.6 is 23.5 Å². The smallest absolute Gasteiger partial charge is 0.543 e. The Labute approximate surface area is 311 Å². The normalized spacial score (nSPS) is 29.9. The van der Waals surface area contributed by atoms with E-state index >= 15 is 0 Å². The van der Waals surface area contributed by atoms with E-state index in [0.717, 1.165) is 25.7 Å². The number of nitrogens with zero attached hydrogens (tertiary/aromatic N) is 2. The Balaban J connectivity index is -0.000000678. The van der Waals surface area contributed by atoms with Crippen molar-refractivity contribution in [3.05, 3.63) is 21.2 Å². The molecule has 248 valence electrons. The van der Waals surface area contributed by atoms with E-state index in [1.54, 1.807) is 13.8 Å². The van der Waals surface area contributed by atoms with Gasteiger partial charge in [0.25, 0.3) is 0 Å². The van der Waals surface area contributed by atoms with Gasteiger partial charge in [0.05, 0.1) is 59.6 Å². The SMILES string of the molecule is CC(O)C1C(=O)N2C(C(=O)[O-])=C(C3CCCO3)SC12.CC(O)C1C(=O)N2C(C(=O)[O-])=C(C3CCCO3)SC12.O.O.O.O.O.[Na+].[Na+]. The van der Waals surface area contributed by atoms with Crippen molar-refractivity contribution in [3.8, 4) is 0 Å². The van der Waals surface area contributed by atoms with Crippen LogP contribution < -0.4 is 69.3 Å². The minimum absolute atomic E-state index is 0. The number of fused-ring (bicyclic) bond motifs is 2. The molecule has 0 saturated carbocycles. The topological polar surface area (TPSA) is 337 Å². The second-order valence-electron chi connectivity index (χ2n) is 9.97. The number of ether oxygens (including phenoxy) is 2. The first kappa shape index (κ1) is 49.1. The maximum Gasteiger partial charge on any atom is 1.00 e. The molecule has 0 radical (unpaired) electrons. The Morgan fingerprint density at radius 2 is 1.04 bits per heavy atom. The number of rotatable bonds is 6. The van der Waals surface area contributed by atoms with Crippen molar-refractivity contribution in [2.75, 3.05) is 13.2 Å². The molecule has 4 saturated heterocycles. The summed E-state index contributed by atoms with van der Waals surface area (Å²) in [5.41, 5.74) is -0.132. The Morgan fingerprint density at radius 1 is 0.733 bits per heavy atom. The molecule has 45 heavy (non-hydrogen) atoms. The predicted molar refractivity (Wildman–Crippen MR) is 147 cm³/mol. The van der Waals surface area contributed by atoms with E-state index in [4.69, 9.17) is 9.47 Å². The van der Waals surface area contributed by atoms with E-state index in [2.05, 4.69) is 0 Å². The zero-order valence-electron chi connectivity index (χ0n) is 25.2. The van der Waals surface area contributed by atoms with Crippen molar-refractivity contribution in [3.63, 3.8) is 0 Å². The van der Waals surface area contributed by atoms with Gasteiger partial charge >= 0.3 is 59.1 Å². The Kier molecular flexibility index (Phi) is 21.4. The number of aliphatic hydroxyl groups is 2. The van der Waals surface area contributed by atoms with E-state index in [9.17, 15) is 39.6 Å². The summed E-state index contributed by atoms with van der Waals surface area (Å²) in [7, 11) is 0. The maximum atomic E-state index is 11.9. The van der Waals surface area contributed by atoms with Crippen LogP contribution in [0.3, 0.4) is 0 Å². The molecule has 0 aromatic carbocycles. The standard InChI is InChI=1S/2C12H15NO5S.2Na.5H2O/c2*1-5(14)7-10(15)13-8(12(16)17)9(19-11(7)13)6-3-2-4-18-6;;;;;;;/h2*5-7,11,14H,2-4H2,1H3,(H,16,17);;;5*1H2/q;;2*+1;;;;;/p-2. The fourth-order valence-corrected chi connectivity index (χ4v) is 9.01. The average molecular weight is 705 g/mol. The summed E-state index contributed by atoms with van der Waals surface area (Å²) >= 11 is 2.63. The van der Waals surface area contributed by atoms with Crippen LogP contribution in [0.25, 0.3) is 0 Å². The number of amides is 2. The number of thioether (sulfide) groups is 2. The van der Waals surface area contributed by atoms with Crippen LogP contribution in [0.2, 0.25) is 0 Å². The van der Waals surface area contributed by atoms with Gasteiger partial charge in [-0.15, -0.1) is 0 Å². The molecule has 0 aromatic heterocycles. The number of carboxylic acids is 2. The van der Waals surface area contributed by atoms with Gasteiger partial charge < -0.3 is 66.9 Å². The van der Waals surface area contributed by atoms with Gasteiger partial charge in [0, 0.05) is 23.0 Å². The number of hydrogen-bond acceptors (Lipinski definition) is 12. The Hall–Kier alpha value is -0.300. The van der Waals surface area contributed by atoms with E-state index < -0.39 is 36.0 Å². The zero-order chi connectivity index (χ0) is 27.5. The van der Waals surface area contributed by atoms with E-state index in [-0.39, 0.29) is 133 Å². The number of carbonyl (C=O) groups is 4. The molecular weight excluding hydrogens is 666 g/mol. The van der Waals surface area contributed by atoms with Crippen molar-refractivity contribution in [2.45, 2.75) is 74.7 Å². The summed E-state index contributed by atoms with van der Waals surface area (Å²) in [6.45, 7) is 4.30. The summed E-state index contributed by atoms with van der Waals surface area (Å²) in [6, 6.07) is 0. The van der Waals surface area contributed by atoms with Gasteiger partial charge in [-0.2, -0.15) is 0 Å². The molecule has 8 unspecified atom stereocenters. The predicted octanol–water partition coefficient (Wildman–Crippen LogP) is -12.0. The first-order chi connectivity index (χ1) is 18.0. The fourth-order valence-electron chi connectivity index (χ4n) is 5.62. The first-order valence-electron chi connectivity index (χ1n) is 12.5. The molecular formula is C24H38N2Na2O15S2. The van der Waals surface area contributed by atoms with Crippen LogP contribution in [-0.2, 0) is 28.7 Å². The molecule has 0 spiro atoms. The molecule has 8 atom stereocenters. The van der Waals surface area contributed by atoms with E-state index in [0.29, 0.717) is 23.0 Å². The number of β-lactam (4-membered cyclic amide) rings is 2. The van der Waals surface area contributed by atoms with Crippen molar-refractivity contribution in [1.82, 2.24) is 9.80 Å². The molecule has 0 bridgehead atoms. The van der Waals surface area contributed by atoms with Crippen LogP contribution in [0.4, 0.5) is 0 Å². The molecule has 0 aliphatic carbocycles. The molecule has 6 aliphatic heterocycles. The van der Waals surface area contributed by atoms with Gasteiger partial charge in [-0.3, -0.25) is 19.4 Å². The van der Waals surface area contributed by atoms with Crippen molar-refractivity contribution < 1.29 is 136 Å². The molecule has 4 fully saturated rings. The Bertz CT molecular complexity index is 1040. The largest absolute Gasteiger partial charge is 1.00 e. The molecule has 6 rings (SSSR count). The summed E-state index contributed by atoms with van der Waals surface area (Å²) in [4.78, 5) is 50.1. The van der Waals surface area contributed by atoms with Crippen molar-refractivity contribution in [1.29, 1.82) is 0 Å². The molecule has 2 amide bonds. The van der Waals surface area contributed by atoms with Crippen LogP contribution in [0.1, 0.15) is 39.5 Å². The number of aliphatic hydroxyl groups excluding tert-OH is 2. The third kappa shape index (κ3) is 8.66. The summed E-state index contributed by atoms with van der Waals surface area (Å²) in [6.07, 6.45) is 1.19. The third-order valence-electron chi connectivity index (χ3n) is 7.48. The summed E-state index contributed by atoms with van der Waals surface area (Å²) in [5.74, 6) is -4.48. The maximum absolute atomic E-state index is 11.9. The molecule has 12 N–H and O–H groups in total. The van der Waals surface area contributed by atoms with Gasteiger partial charge in [-0.05, 0) is 39.5 Å². The quantitative estimate of drug-likeness (QED) is 0.192. The van der Waals surface area contributed by atoms with Gasteiger partial charge in [-0.25, -0.2) is 0 Å². The van der Waals surface area contributed by atoms with Crippen LogP contribution in [0.15, 0.2) is 21.2 Å². The molecule has 6 heterocycles. The van der Waals surface area contributed by atoms with E-state index in [1.807, 2.05) is 0 Å². The zero-order valence-corrected chi connectivity index (χ0v) is 30.9. The average Bonchev–Trinajstić information content (AvgIpc) is 3.61. The monoisotopic (exact) mass is 704 g/mol. The fraction of sp³-hybridized carbons (Fsp3) is 0.667. The minimum Gasteiger partial charge on any atom is -0.543 e. The molecule has 6 aliphatic rings. The van der Waals surface area contributed by atoms with Gasteiger partial charge in [0.15, 0.2) is 0 Å². The number of hydrogen-bond donors (Lipinski definition) is 2. The summed E-state index contributed by atoms with van der Waals surface area (Å²) in [5, 5.41) is 41.1. The van der Waals surface area contributed by atoms with Crippen LogP contribution in [0, 0.1) is 11.8 Å². The van der Waals surface area contributed by atoms with Crippen molar-refractivity contribution >= 4 is 47.3 Å². The van der Waals surface area contributed by atoms with Crippen LogP contribution in [-0.4, -0.2) is 120 Å². The molecule has 0 aromatic rings. The van der Waals surface area contributed by atoms with Crippen LogP contribution in [0.5, 0.6) is 0 Å².